The van der Waals surface area contributed by atoms with E-state index in [0.29, 0.717) is 5.02 Å². The lowest BCUT2D eigenvalue weighted by molar-refractivity contribution is -0.137. The summed E-state index contributed by atoms with van der Waals surface area (Å²) >= 11 is 7.51. The van der Waals surface area contributed by atoms with Crippen molar-refractivity contribution < 1.29 is 9.90 Å². The number of fused-ring (bicyclic) bond motifs is 1. The Morgan fingerprint density at radius 2 is 2.31 bits per heavy atom. The second-order valence-corrected chi connectivity index (χ2v) is 5.18. The van der Waals surface area contributed by atoms with Gasteiger partial charge in [0.15, 0.2) is 0 Å². The summed E-state index contributed by atoms with van der Waals surface area (Å²) in [6.45, 7) is 1.93. The first-order valence-corrected chi connectivity index (χ1v) is 6.22. The highest BCUT2D eigenvalue weighted by Gasteiger charge is 2.14. The van der Waals surface area contributed by atoms with Crippen LogP contribution in [0.1, 0.15) is 24.8 Å². The number of benzene rings is 1. The first-order valence-electron chi connectivity index (χ1n) is 4.96. The minimum Gasteiger partial charge on any atom is -0.481 e. The van der Waals surface area contributed by atoms with Gasteiger partial charge in [-0.3, -0.25) is 4.79 Å². The second kappa shape index (κ2) is 4.44. The number of hydrogen-bond donors (Lipinski definition) is 1. The molecule has 2 nitrogen and oxygen atoms in total. The van der Waals surface area contributed by atoms with E-state index in [1.807, 2.05) is 30.5 Å². The maximum atomic E-state index is 10.7. The van der Waals surface area contributed by atoms with E-state index in [2.05, 4.69) is 0 Å². The molecule has 1 atom stereocenters. The van der Waals surface area contributed by atoms with Crippen LogP contribution in [-0.2, 0) is 4.79 Å². The Bertz CT molecular complexity index is 533. The number of rotatable bonds is 3. The predicted octanol–water partition coefficient (Wildman–Crippen LogP) is 4.13. The normalized spacial score (nSPS) is 12.9. The van der Waals surface area contributed by atoms with Crippen LogP contribution in [0, 0.1) is 0 Å². The molecule has 1 heterocycles. The fourth-order valence-electron chi connectivity index (χ4n) is 1.78. The van der Waals surface area contributed by atoms with Crippen molar-refractivity contribution in [2.45, 2.75) is 19.3 Å². The van der Waals surface area contributed by atoms with Crippen molar-refractivity contribution in [1.82, 2.24) is 0 Å². The van der Waals surface area contributed by atoms with Gasteiger partial charge in [0.25, 0.3) is 0 Å². The Kier molecular flexibility index (Phi) is 3.17. The summed E-state index contributed by atoms with van der Waals surface area (Å²) in [5, 5.41) is 12.6. The van der Waals surface area contributed by atoms with Crippen LogP contribution in [0.5, 0.6) is 0 Å². The summed E-state index contributed by atoms with van der Waals surface area (Å²) in [5.41, 5.74) is 1.10. The molecule has 16 heavy (non-hydrogen) atoms. The van der Waals surface area contributed by atoms with E-state index in [-0.39, 0.29) is 12.3 Å². The molecule has 0 fully saturated rings. The number of thiophene rings is 1. The molecule has 2 rings (SSSR count). The van der Waals surface area contributed by atoms with E-state index in [1.165, 1.54) is 0 Å². The zero-order valence-corrected chi connectivity index (χ0v) is 10.3. The summed E-state index contributed by atoms with van der Waals surface area (Å²) in [5.74, 6) is -0.728. The molecule has 1 aromatic carbocycles. The highest BCUT2D eigenvalue weighted by molar-refractivity contribution is 7.17. The summed E-state index contributed by atoms with van der Waals surface area (Å²) < 4.78 is 1.11. The van der Waals surface area contributed by atoms with Crippen LogP contribution >= 0.6 is 22.9 Å². The van der Waals surface area contributed by atoms with Crippen molar-refractivity contribution >= 4 is 39.0 Å². The van der Waals surface area contributed by atoms with Crippen molar-refractivity contribution in [2.75, 3.05) is 0 Å². The van der Waals surface area contributed by atoms with Crippen molar-refractivity contribution in [1.29, 1.82) is 0 Å². The molecular weight excluding hydrogens is 244 g/mol. The van der Waals surface area contributed by atoms with Crippen LogP contribution in [0.4, 0.5) is 0 Å². The summed E-state index contributed by atoms with van der Waals surface area (Å²) in [6, 6.07) is 5.72. The molecule has 2 aromatic rings. The van der Waals surface area contributed by atoms with Gasteiger partial charge in [-0.05, 0) is 34.4 Å². The third kappa shape index (κ3) is 2.20. The van der Waals surface area contributed by atoms with Gasteiger partial charge in [0.1, 0.15) is 0 Å². The molecule has 84 valence electrons. The number of hydrogen-bond acceptors (Lipinski definition) is 2. The number of aliphatic carboxylic acids is 1. The third-order valence-electron chi connectivity index (χ3n) is 2.58. The van der Waals surface area contributed by atoms with Crippen molar-refractivity contribution in [3.8, 4) is 0 Å². The Hall–Kier alpha value is -1.06. The van der Waals surface area contributed by atoms with Gasteiger partial charge in [-0.15, -0.1) is 11.3 Å². The fourth-order valence-corrected chi connectivity index (χ4v) is 3.13. The van der Waals surface area contributed by atoms with Crippen molar-refractivity contribution in [2.24, 2.45) is 0 Å². The molecule has 0 saturated carbocycles. The van der Waals surface area contributed by atoms with Crippen LogP contribution in [0.3, 0.4) is 0 Å². The molecule has 0 amide bonds. The first-order chi connectivity index (χ1) is 7.58. The molecule has 1 unspecified atom stereocenters. The first kappa shape index (κ1) is 11.4. The Balaban J connectivity index is 2.41. The topological polar surface area (TPSA) is 37.3 Å². The predicted molar refractivity (Wildman–Crippen MR) is 67.5 cm³/mol. The van der Waals surface area contributed by atoms with Gasteiger partial charge in [0, 0.05) is 9.72 Å². The lowest BCUT2D eigenvalue weighted by Crippen LogP contribution is -2.01. The molecule has 0 aliphatic rings. The largest absolute Gasteiger partial charge is 0.481 e. The smallest absolute Gasteiger partial charge is 0.303 e. The van der Waals surface area contributed by atoms with Gasteiger partial charge in [-0.25, -0.2) is 0 Å². The molecule has 4 heteroatoms. The van der Waals surface area contributed by atoms with Crippen molar-refractivity contribution in [3.05, 3.63) is 34.2 Å². The molecule has 1 aromatic heterocycles. The quantitative estimate of drug-likeness (QED) is 0.894. The van der Waals surface area contributed by atoms with Crippen LogP contribution in [0.15, 0.2) is 23.6 Å². The van der Waals surface area contributed by atoms with Gasteiger partial charge in [0.05, 0.1) is 6.42 Å². The van der Waals surface area contributed by atoms with Crippen LogP contribution < -0.4 is 0 Å². The number of carboxylic acids is 1. The second-order valence-electron chi connectivity index (χ2n) is 3.83. The van der Waals surface area contributed by atoms with E-state index < -0.39 is 5.97 Å². The van der Waals surface area contributed by atoms with E-state index in [9.17, 15) is 4.79 Å². The van der Waals surface area contributed by atoms with Gasteiger partial charge in [0.2, 0.25) is 0 Å². The maximum absolute atomic E-state index is 10.7. The maximum Gasteiger partial charge on any atom is 0.303 e. The number of carboxylic acid groups (broad SMARTS) is 1. The lowest BCUT2D eigenvalue weighted by atomic mass is 9.97. The van der Waals surface area contributed by atoms with Gasteiger partial charge in [-0.2, -0.15) is 0 Å². The average molecular weight is 255 g/mol. The molecule has 0 bridgehead atoms. The number of halogens is 1. The minimum absolute atomic E-state index is 0.0347. The summed E-state index contributed by atoms with van der Waals surface area (Å²) in [6.07, 6.45) is 0.161. The highest BCUT2D eigenvalue weighted by Crippen LogP contribution is 2.34. The van der Waals surface area contributed by atoms with E-state index >= 15 is 0 Å². The minimum atomic E-state index is -0.763. The molecule has 0 saturated heterocycles. The number of carbonyl (C=O) groups is 1. The van der Waals surface area contributed by atoms with Crippen LogP contribution in [0.2, 0.25) is 5.02 Å². The fraction of sp³-hybridized carbons (Fsp3) is 0.250. The monoisotopic (exact) mass is 254 g/mol. The van der Waals surface area contributed by atoms with Crippen LogP contribution in [-0.4, -0.2) is 11.1 Å². The van der Waals surface area contributed by atoms with Crippen molar-refractivity contribution in [3.63, 3.8) is 0 Å². The zero-order valence-electron chi connectivity index (χ0n) is 8.74. The van der Waals surface area contributed by atoms with E-state index in [1.54, 1.807) is 11.3 Å². The highest BCUT2D eigenvalue weighted by atomic mass is 35.5. The standard InChI is InChI=1S/C12H11ClO2S/c1-7(4-12(14)15)10-6-16-11-5-8(13)2-3-9(10)11/h2-3,5-7H,4H2,1H3,(H,14,15). The Labute approximate surface area is 102 Å². The zero-order chi connectivity index (χ0) is 11.7. The molecule has 1 N–H and O–H groups in total. The lowest BCUT2D eigenvalue weighted by Gasteiger charge is -2.07. The van der Waals surface area contributed by atoms with Gasteiger partial charge >= 0.3 is 5.97 Å². The van der Waals surface area contributed by atoms with E-state index in [4.69, 9.17) is 16.7 Å². The SMILES string of the molecule is CC(CC(=O)O)c1csc2cc(Cl)ccc12. The van der Waals surface area contributed by atoms with Gasteiger partial charge < -0.3 is 5.11 Å². The molecule has 0 spiro atoms. The molecule has 0 radical (unpaired) electrons. The third-order valence-corrected chi connectivity index (χ3v) is 3.78. The summed E-state index contributed by atoms with van der Waals surface area (Å²) in [7, 11) is 0. The van der Waals surface area contributed by atoms with Gasteiger partial charge in [-0.1, -0.05) is 24.6 Å². The Morgan fingerprint density at radius 1 is 1.56 bits per heavy atom. The Morgan fingerprint density at radius 3 is 3.00 bits per heavy atom. The molecule has 0 aliphatic heterocycles. The average Bonchev–Trinajstić information content (AvgIpc) is 2.59. The van der Waals surface area contributed by atoms with Crippen LogP contribution in [0.25, 0.3) is 10.1 Å². The molecular formula is C12H11ClO2S. The summed E-state index contributed by atoms with van der Waals surface area (Å²) in [4.78, 5) is 10.7. The van der Waals surface area contributed by atoms with E-state index in [0.717, 1.165) is 15.6 Å². The molecule has 0 aliphatic carbocycles.